The Morgan fingerprint density at radius 3 is 2.28 bits per heavy atom. The molecule has 3 aromatic carbocycles. The van der Waals surface area contributed by atoms with Crippen molar-refractivity contribution in [3.05, 3.63) is 125 Å². The number of nitrogens with one attached hydrogen (secondary N) is 2. The number of nitrogens with zero attached hydrogens (tertiary/aromatic N) is 4. The van der Waals surface area contributed by atoms with Gasteiger partial charge in [0.1, 0.15) is 0 Å². The molecule has 0 saturated carbocycles. The summed E-state index contributed by atoms with van der Waals surface area (Å²) in [6.45, 7) is 4.78. The summed E-state index contributed by atoms with van der Waals surface area (Å²) < 4.78 is 8.48. The topological polar surface area (TPSA) is 101 Å². The average Bonchev–Trinajstić information content (AvgIpc) is 3.50. The van der Waals surface area contributed by atoms with E-state index in [1.165, 1.54) is 4.90 Å². The van der Waals surface area contributed by atoms with Gasteiger partial charge in [0, 0.05) is 31.9 Å². The molecule has 1 atom stereocenters. The van der Waals surface area contributed by atoms with Crippen LogP contribution in [0, 0.1) is 6.92 Å². The van der Waals surface area contributed by atoms with Crippen LogP contribution in [0.25, 0.3) is 11.0 Å². The Balaban J connectivity index is 1.13. The van der Waals surface area contributed by atoms with Crippen LogP contribution in [-0.4, -0.2) is 63.5 Å². The van der Waals surface area contributed by atoms with Crippen LogP contribution >= 0.6 is 0 Å². The second-order valence-corrected chi connectivity index (χ2v) is 10.6. The molecule has 9 heteroatoms. The van der Waals surface area contributed by atoms with Gasteiger partial charge in [-0.3, -0.25) is 19.5 Å². The molecular formula is C34H34N6O3. The lowest BCUT2D eigenvalue weighted by Gasteiger charge is -2.21. The molecule has 1 unspecified atom stereocenters. The Bertz CT molecular complexity index is 1700. The molecule has 0 spiro atoms. The lowest BCUT2D eigenvalue weighted by molar-refractivity contribution is 0.0484. The second-order valence-electron chi connectivity index (χ2n) is 10.6. The number of amides is 2. The van der Waals surface area contributed by atoms with Gasteiger partial charge in [-0.2, -0.15) is 0 Å². The first-order valence-corrected chi connectivity index (χ1v) is 14.5. The number of fused-ring (bicyclic) bond motifs is 2. The summed E-state index contributed by atoms with van der Waals surface area (Å²) in [5.41, 5.74) is 5.86. The molecular weight excluding hydrogens is 540 g/mol. The zero-order valence-electron chi connectivity index (χ0n) is 24.1. The quantitative estimate of drug-likeness (QED) is 0.156. The number of pyridine rings is 1. The summed E-state index contributed by atoms with van der Waals surface area (Å²) in [4.78, 5) is 36.4. The van der Waals surface area contributed by atoms with Crippen LogP contribution in [0.2, 0.25) is 0 Å². The molecule has 218 valence electrons. The average molecular weight is 575 g/mol. The molecule has 43 heavy (non-hydrogen) atoms. The number of aromatic nitrogens is 3. The lowest BCUT2D eigenvalue weighted by atomic mass is 10.1. The van der Waals surface area contributed by atoms with Crippen LogP contribution < -0.4 is 10.6 Å². The summed E-state index contributed by atoms with van der Waals surface area (Å²) in [5.74, 6) is 0.245. The van der Waals surface area contributed by atoms with Crippen LogP contribution in [0.15, 0.2) is 97.1 Å². The van der Waals surface area contributed by atoms with Crippen LogP contribution in [0.1, 0.15) is 37.7 Å². The third-order valence-corrected chi connectivity index (χ3v) is 7.50. The van der Waals surface area contributed by atoms with Crippen molar-refractivity contribution in [1.29, 1.82) is 0 Å². The van der Waals surface area contributed by atoms with Crippen molar-refractivity contribution in [2.24, 2.45) is 0 Å². The molecule has 2 N–H and O–H groups in total. The van der Waals surface area contributed by atoms with Gasteiger partial charge in [0.2, 0.25) is 5.95 Å². The summed E-state index contributed by atoms with van der Waals surface area (Å²) >= 11 is 0. The van der Waals surface area contributed by atoms with Gasteiger partial charge >= 0.3 is 0 Å². The van der Waals surface area contributed by atoms with Gasteiger partial charge in [0.05, 0.1) is 47.1 Å². The van der Waals surface area contributed by atoms with Crippen LogP contribution in [0.3, 0.4) is 0 Å². The SMILES string of the molecule is Cc1cccc(Cn2c(NCC(CNCCN3C(=O)c4ccccc4C3=O)OCc3ccccc3)nc3ccccc32)n1. The summed E-state index contributed by atoms with van der Waals surface area (Å²) in [5, 5.41) is 6.91. The van der Waals surface area contributed by atoms with E-state index in [1.54, 1.807) is 24.3 Å². The number of para-hydroxylation sites is 2. The molecule has 3 heterocycles. The molecule has 0 fully saturated rings. The first-order chi connectivity index (χ1) is 21.1. The predicted molar refractivity (Wildman–Crippen MR) is 166 cm³/mol. The number of anilines is 1. The smallest absolute Gasteiger partial charge is 0.261 e. The number of imide groups is 1. The monoisotopic (exact) mass is 574 g/mol. The molecule has 9 nitrogen and oxygen atoms in total. The van der Waals surface area contributed by atoms with Gasteiger partial charge < -0.3 is 19.9 Å². The summed E-state index contributed by atoms with van der Waals surface area (Å²) in [7, 11) is 0. The molecule has 0 saturated heterocycles. The van der Waals surface area contributed by atoms with Crippen molar-refractivity contribution in [1.82, 2.24) is 24.8 Å². The van der Waals surface area contributed by atoms with Gasteiger partial charge in [-0.1, -0.05) is 60.7 Å². The number of hydrogen-bond acceptors (Lipinski definition) is 7. The minimum absolute atomic E-state index is 0.215. The third kappa shape index (κ3) is 6.48. The third-order valence-electron chi connectivity index (χ3n) is 7.50. The number of imidazole rings is 1. The minimum atomic E-state index is -0.247. The van der Waals surface area contributed by atoms with Gasteiger partial charge in [0.25, 0.3) is 11.8 Å². The van der Waals surface area contributed by atoms with Crippen LogP contribution in [0.4, 0.5) is 5.95 Å². The highest BCUT2D eigenvalue weighted by Gasteiger charge is 2.34. The minimum Gasteiger partial charge on any atom is -0.370 e. The Labute approximate surface area is 250 Å². The molecule has 2 aromatic heterocycles. The van der Waals surface area contributed by atoms with Crippen molar-refractivity contribution < 1.29 is 14.3 Å². The number of rotatable bonds is 13. The Morgan fingerprint density at radius 1 is 0.791 bits per heavy atom. The Morgan fingerprint density at radius 2 is 1.51 bits per heavy atom. The number of ether oxygens (including phenoxy) is 1. The highest BCUT2D eigenvalue weighted by Crippen LogP contribution is 2.23. The molecule has 0 bridgehead atoms. The van der Waals surface area contributed by atoms with Gasteiger partial charge in [-0.05, 0) is 48.9 Å². The van der Waals surface area contributed by atoms with Gasteiger partial charge in [-0.25, -0.2) is 4.98 Å². The Hall–Kier alpha value is -4.86. The number of benzene rings is 3. The number of carbonyl (C=O) groups is 2. The van der Waals surface area contributed by atoms with E-state index in [0.29, 0.717) is 43.9 Å². The summed E-state index contributed by atoms with van der Waals surface area (Å²) in [6, 6.07) is 31.1. The van der Waals surface area contributed by atoms with E-state index in [9.17, 15) is 9.59 Å². The first-order valence-electron chi connectivity index (χ1n) is 14.5. The molecule has 5 aromatic rings. The van der Waals surface area contributed by atoms with E-state index in [1.807, 2.05) is 73.7 Å². The maximum Gasteiger partial charge on any atom is 0.261 e. The fourth-order valence-electron chi connectivity index (χ4n) is 5.30. The van der Waals surface area contributed by atoms with E-state index >= 15 is 0 Å². The van der Waals surface area contributed by atoms with Crippen LogP contribution in [0.5, 0.6) is 0 Å². The van der Waals surface area contributed by atoms with Crippen molar-refractivity contribution in [2.75, 3.05) is 31.5 Å². The Kier molecular flexibility index (Phi) is 8.53. The van der Waals surface area contributed by atoms with E-state index in [2.05, 4.69) is 21.3 Å². The first kappa shape index (κ1) is 28.3. The number of aryl methyl sites for hydroxylation is 1. The molecule has 1 aliphatic rings. The maximum atomic E-state index is 12.7. The highest BCUT2D eigenvalue weighted by atomic mass is 16.5. The van der Waals surface area contributed by atoms with Crippen molar-refractivity contribution in [3.63, 3.8) is 0 Å². The molecule has 2 amide bonds. The standard InChI is InChI=1S/C34H34N6O3/c1-24-10-9-13-26(37-24)22-40-31-17-8-7-16-30(31)38-34(40)36-21-27(43-23-25-11-3-2-4-12-25)20-35-18-19-39-32(41)28-14-5-6-15-29(28)33(39)42/h2-17,27,35H,18-23H2,1H3,(H,36,38). The molecule has 0 radical (unpaired) electrons. The van der Waals surface area contributed by atoms with E-state index in [0.717, 1.165) is 33.9 Å². The molecule has 6 rings (SSSR count). The maximum absolute atomic E-state index is 12.7. The van der Waals surface area contributed by atoms with Gasteiger partial charge in [0.15, 0.2) is 0 Å². The fourth-order valence-corrected chi connectivity index (χ4v) is 5.30. The molecule has 1 aliphatic heterocycles. The van der Waals surface area contributed by atoms with Gasteiger partial charge in [-0.15, -0.1) is 0 Å². The zero-order chi connectivity index (χ0) is 29.6. The lowest BCUT2D eigenvalue weighted by Crippen LogP contribution is -2.40. The molecule has 0 aliphatic carbocycles. The zero-order valence-corrected chi connectivity index (χ0v) is 24.1. The number of carbonyl (C=O) groups excluding carboxylic acids is 2. The van der Waals surface area contributed by atoms with E-state index < -0.39 is 0 Å². The van der Waals surface area contributed by atoms with E-state index in [-0.39, 0.29) is 24.5 Å². The van der Waals surface area contributed by atoms with E-state index in [4.69, 9.17) is 14.7 Å². The fraction of sp³-hybridized carbons (Fsp3) is 0.235. The normalized spacial score (nSPS) is 13.5. The number of hydrogen-bond donors (Lipinski definition) is 2. The second kappa shape index (κ2) is 13.0. The highest BCUT2D eigenvalue weighted by molar-refractivity contribution is 6.21. The van der Waals surface area contributed by atoms with Crippen molar-refractivity contribution >= 4 is 28.8 Å². The van der Waals surface area contributed by atoms with Crippen molar-refractivity contribution in [2.45, 2.75) is 26.2 Å². The van der Waals surface area contributed by atoms with Crippen LogP contribution in [-0.2, 0) is 17.9 Å². The summed E-state index contributed by atoms with van der Waals surface area (Å²) in [6.07, 6.45) is -0.215. The predicted octanol–water partition coefficient (Wildman–Crippen LogP) is 4.67. The van der Waals surface area contributed by atoms with Crippen molar-refractivity contribution in [3.8, 4) is 0 Å². The largest absolute Gasteiger partial charge is 0.370 e.